The fourth-order valence-corrected chi connectivity index (χ4v) is 4.13. The van der Waals surface area contributed by atoms with Crippen LogP contribution < -0.4 is 5.32 Å². The van der Waals surface area contributed by atoms with Crippen LogP contribution in [-0.4, -0.2) is 45.2 Å². The normalized spacial score (nSPS) is 15.2. The van der Waals surface area contributed by atoms with Gasteiger partial charge in [-0.15, -0.1) is 0 Å². The van der Waals surface area contributed by atoms with Gasteiger partial charge in [-0.2, -0.15) is 0 Å². The lowest BCUT2D eigenvalue weighted by atomic mass is 10.1. The van der Waals surface area contributed by atoms with E-state index in [-0.39, 0.29) is 18.2 Å². The maximum absolute atomic E-state index is 12.6. The van der Waals surface area contributed by atoms with Gasteiger partial charge in [-0.1, -0.05) is 54.1 Å². The molecule has 0 aliphatic carbocycles. The molecule has 6 nitrogen and oxygen atoms in total. The Hall–Kier alpha value is -1.90. The highest BCUT2D eigenvalue weighted by atomic mass is 35.5. The number of amides is 2. The number of benzene rings is 1. The summed E-state index contributed by atoms with van der Waals surface area (Å²) in [5.41, 5.74) is 0.893. The second kappa shape index (κ2) is 11.9. The highest BCUT2D eigenvalue weighted by molar-refractivity contribution is 8.26. The molecule has 1 saturated heterocycles. The minimum atomic E-state index is -0.863. The Morgan fingerprint density at radius 1 is 1.14 bits per heavy atom. The number of hydrogen-bond acceptors (Lipinski definition) is 5. The summed E-state index contributed by atoms with van der Waals surface area (Å²) in [6, 6.07) is 7.25. The van der Waals surface area contributed by atoms with E-state index in [2.05, 4.69) is 5.32 Å². The zero-order chi connectivity index (χ0) is 21.2. The van der Waals surface area contributed by atoms with Gasteiger partial charge in [-0.25, -0.2) is 0 Å². The minimum Gasteiger partial charge on any atom is -0.481 e. The molecule has 0 saturated carbocycles. The van der Waals surface area contributed by atoms with Gasteiger partial charge in [0, 0.05) is 31.0 Å². The van der Waals surface area contributed by atoms with Gasteiger partial charge in [0.15, 0.2) is 0 Å². The minimum absolute atomic E-state index is 0.0521. The van der Waals surface area contributed by atoms with Crippen LogP contribution in [0.25, 0.3) is 6.08 Å². The van der Waals surface area contributed by atoms with Crippen LogP contribution in [0.4, 0.5) is 0 Å². The molecule has 156 valence electrons. The van der Waals surface area contributed by atoms with Crippen molar-refractivity contribution >= 4 is 63.8 Å². The molecule has 0 bridgehead atoms. The van der Waals surface area contributed by atoms with Crippen LogP contribution in [0.2, 0.25) is 5.02 Å². The molecule has 2 rings (SSSR count). The Bertz CT molecular complexity index is 796. The van der Waals surface area contributed by atoms with E-state index in [0.717, 1.165) is 18.4 Å². The third-order valence-electron chi connectivity index (χ3n) is 4.22. The van der Waals surface area contributed by atoms with E-state index in [4.69, 9.17) is 28.9 Å². The predicted octanol–water partition coefficient (Wildman–Crippen LogP) is 4.08. The molecule has 1 fully saturated rings. The Balaban J connectivity index is 1.68. The second-order valence-electron chi connectivity index (χ2n) is 6.54. The van der Waals surface area contributed by atoms with Gasteiger partial charge in [0.2, 0.25) is 5.91 Å². The smallest absolute Gasteiger partial charge is 0.303 e. The number of thiocarbonyl (C=S) groups is 1. The van der Waals surface area contributed by atoms with E-state index >= 15 is 0 Å². The molecule has 1 heterocycles. The highest BCUT2D eigenvalue weighted by Crippen LogP contribution is 2.32. The lowest BCUT2D eigenvalue weighted by Gasteiger charge is -2.14. The van der Waals surface area contributed by atoms with Gasteiger partial charge < -0.3 is 10.4 Å². The zero-order valence-corrected chi connectivity index (χ0v) is 18.2. The fraction of sp³-hybridized carbons (Fsp3) is 0.400. The molecule has 1 aromatic carbocycles. The summed E-state index contributed by atoms with van der Waals surface area (Å²) in [5.74, 6) is -1.03. The summed E-state index contributed by atoms with van der Waals surface area (Å²) in [7, 11) is 0. The molecule has 0 aromatic heterocycles. The molecule has 2 N–H and O–H groups in total. The van der Waals surface area contributed by atoms with Gasteiger partial charge in [0.25, 0.3) is 5.91 Å². The van der Waals surface area contributed by atoms with Gasteiger partial charge in [-0.3, -0.25) is 19.3 Å². The van der Waals surface area contributed by atoms with E-state index in [1.165, 1.54) is 11.8 Å². The molecule has 29 heavy (non-hydrogen) atoms. The summed E-state index contributed by atoms with van der Waals surface area (Å²) < 4.78 is 0.548. The number of halogens is 1. The first-order chi connectivity index (χ1) is 13.9. The van der Waals surface area contributed by atoms with Crippen molar-refractivity contribution in [3.63, 3.8) is 0 Å². The van der Waals surface area contributed by atoms with E-state index in [0.29, 0.717) is 46.6 Å². The number of rotatable bonds is 11. The van der Waals surface area contributed by atoms with Crippen molar-refractivity contribution in [3.05, 3.63) is 39.8 Å². The summed E-state index contributed by atoms with van der Waals surface area (Å²) in [5, 5.41) is 11.9. The average Bonchev–Trinajstić information content (AvgIpc) is 2.94. The van der Waals surface area contributed by atoms with Crippen molar-refractivity contribution < 1.29 is 19.5 Å². The molecule has 1 aromatic rings. The van der Waals surface area contributed by atoms with Gasteiger partial charge in [0.05, 0.1) is 4.91 Å². The monoisotopic (exact) mass is 454 g/mol. The average molecular weight is 455 g/mol. The molecule has 9 heteroatoms. The van der Waals surface area contributed by atoms with Crippen LogP contribution in [-0.2, 0) is 14.4 Å². The van der Waals surface area contributed by atoms with E-state index in [9.17, 15) is 14.4 Å². The van der Waals surface area contributed by atoms with Crippen LogP contribution in [0.1, 0.15) is 44.1 Å². The number of carboxylic acid groups (broad SMARTS) is 1. The van der Waals surface area contributed by atoms with Crippen LogP contribution >= 0.6 is 35.6 Å². The number of unbranched alkanes of at least 4 members (excludes halogenated alkanes) is 2. The number of carboxylic acids is 1. The van der Waals surface area contributed by atoms with Gasteiger partial charge in [-0.05, 0) is 43.0 Å². The van der Waals surface area contributed by atoms with Crippen molar-refractivity contribution in [2.45, 2.75) is 38.5 Å². The largest absolute Gasteiger partial charge is 0.481 e. The van der Waals surface area contributed by atoms with Crippen LogP contribution in [0, 0.1) is 0 Å². The molecule has 0 atom stereocenters. The van der Waals surface area contributed by atoms with Crippen molar-refractivity contribution in [1.82, 2.24) is 10.2 Å². The predicted molar refractivity (Wildman–Crippen MR) is 120 cm³/mol. The van der Waals surface area contributed by atoms with Crippen molar-refractivity contribution in [1.29, 1.82) is 0 Å². The summed E-state index contributed by atoms with van der Waals surface area (Å²) in [6.45, 7) is 0.907. The number of hydrogen-bond donors (Lipinski definition) is 2. The lowest BCUT2D eigenvalue weighted by molar-refractivity contribution is -0.137. The Morgan fingerprint density at radius 3 is 2.55 bits per heavy atom. The van der Waals surface area contributed by atoms with Crippen molar-refractivity contribution in [3.8, 4) is 0 Å². The molecule has 0 radical (unpaired) electrons. The van der Waals surface area contributed by atoms with Gasteiger partial charge in [0.1, 0.15) is 4.32 Å². The van der Waals surface area contributed by atoms with Crippen LogP contribution in [0.15, 0.2) is 29.2 Å². The first kappa shape index (κ1) is 23.4. The maximum Gasteiger partial charge on any atom is 0.303 e. The third kappa shape index (κ3) is 8.16. The topological polar surface area (TPSA) is 86.7 Å². The molecule has 1 aliphatic rings. The van der Waals surface area contributed by atoms with Crippen LogP contribution in [0.5, 0.6) is 0 Å². The molecule has 0 unspecified atom stereocenters. The molecular formula is C20H23ClN2O4S2. The van der Waals surface area contributed by atoms with E-state index in [1.54, 1.807) is 17.0 Å². The summed E-state index contributed by atoms with van der Waals surface area (Å²) >= 11 is 12.5. The second-order valence-corrected chi connectivity index (χ2v) is 8.66. The molecule has 1 aliphatic heterocycles. The summed E-state index contributed by atoms with van der Waals surface area (Å²) in [6.07, 6.45) is 4.95. The van der Waals surface area contributed by atoms with E-state index < -0.39 is 5.97 Å². The van der Waals surface area contributed by atoms with E-state index in [1.807, 2.05) is 18.2 Å². The molecule has 0 spiro atoms. The Kier molecular flexibility index (Phi) is 9.63. The Labute approximate surface area is 184 Å². The first-order valence-electron chi connectivity index (χ1n) is 9.36. The number of carbonyl (C=O) groups is 3. The summed E-state index contributed by atoms with van der Waals surface area (Å²) in [4.78, 5) is 36.9. The lowest BCUT2D eigenvalue weighted by Crippen LogP contribution is -2.29. The number of nitrogens with zero attached hydrogens (tertiary/aromatic N) is 1. The SMILES string of the molecule is O=C(O)CCCNC(=O)CCCCCN1C(=O)/C(=C/c2ccc(Cl)cc2)SC1=S. The number of thioether (sulfide) groups is 1. The third-order valence-corrected chi connectivity index (χ3v) is 5.85. The highest BCUT2D eigenvalue weighted by Gasteiger charge is 2.31. The maximum atomic E-state index is 12.6. The number of nitrogens with one attached hydrogen (secondary N) is 1. The van der Waals surface area contributed by atoms with Crippen molar-refractivity contribution in [2.24, 2.45) is 0 Å². The standard InChI is InChI=1S/C20H23ClN2O4S2/c21-15-9-7-14(8-10-15)13-16-19(27)23(20(28)29-16)12-3-1-2-5-17(24)22-11-4-6-18(25)26/h7-10,13H,1-6,11-12H2,(H,22,24)(H,25,26)/b16-13-. The molecular weight excluding hydrogens is 432 g/mol. The first-order valence-corrected chi connectivity index (χ1v) is 11.0. The van der Waals surface area contributed by atoms with Gasteiger partial charge >= 0.3 is 5.97 Å². The Morgan fingerprint density at radius 2 is 1.86 bits per heavy atom. The quantitative estimate of drug-likeness (QED) is 0.297. The molecule has 2 amide bonds. The zero-order valence-electron chi connectivity index (χ0n) is 15.9. The number of carbonyl (C=O) groups excluding carboxylic acids is 2. The fourth-order valence-electron chi connectivity index (χ4n) is 2.69. The van der Waals surface area contributed by atoms with Crippen molar-refractivity contribution in [2.75, 3.05) is 13.1 Å². The number of aliphatic carboxylic acids is 1. The van der Waals surface area contributed by atoms with Crippen LogP contribution in [0.3, 0.4) is 0 Å².